The molecule has 0 aromatic heterocycles. The maximum atomic E-state index is 12.0. The first-order chi connectivity index (χ1) is 18.4. The molecule has 0 bridgehead atoms. The van der Waals surface area contributed by atoms with Gasteiger partial charge in [-0.2, -0.15) is 0 Å². The topological polar surface area (TPSA) is 76.0 Å². The molecular formula is C32H59O5PS. The van der Waals surface area contributed by atoms with Crippen LogP contribution in [0, 0.1) is 36.5 Å². The molecule has 0 aromatic carbocycles. The van der Waals surface area contributed by atoms with E-state index in [1.54, 1.807) is 0 Å². The first kappa shape index (κ1) is 44.8. The molecule has 0 saturated carbocycles. The highest BCUT2D eigenvalue weighted by Gasteiger charge is 2.11. The van der Waals surface area contributed by atoms with Crippen LogP contribution in [-0.2, 0) is 25.6 Å². The van der Waals surface area contributed by atoms with Crippen molar-refractivity contribution in [2.45, 2.75) is 143 Å². The van der Waals surface area contributed by atoms with E-state index < -0.39 is 6.72 Å². The predicted molar refractivity (Wildman–Crippen MR) is 173 cm³/mol. The number of ketones is 1. The monoisotopic (exact) mass is 586 g/mol. The summed E-state index contributed by atoms with van der Waals surface area (Å²) in [7, 11) is 2.37. The van der Waals surface area contributed by atoms with Crippen LogP contribution in [0.5, 0.6) is 0 Å². The molecule has 39 heavy (non-hydrogen) atoms. The molecule has 0 rings (SSSR count). The number of carbonyl (C=O) groups is 1. The van der Waals surface area contributed by atoms with E-state index in [0.717, 1.165) is 58.5 Å². The van der Waals surface area contributed by atoms with Crippen molar-refractivity contribution in [1.82, 2.24) is 0 Å². The van der Waals surface area contributed by atoms with Gasteiger partial charge in [-0.25, -0.2) is 0 Å². The Morgan fingerprint density at radius 3 is 1.38 bits per heavy atom. The van der Waals surface area contributed by atoms with Gasteiger partial charge in [-0.15, -0.1) is 12.8 Å². The molecule has 2 N–H and O–H groups in total. The highest BCUT2D eigenvalue weighted by molar-refractivity contribution is 8.07. The molecule has 5 nitrogen and oxygen atoms in total. The van der Waals surface area contributed by atoms with Gasteiger partial charge < -0.3 is 19.0 Å². The molecule has 228 valence electrons. The molecule has 0 radical (unpaired) electrons. The molecule has 0 aromatic rings. The summed E-state index contributed by atoms with van der Waals surface area (Å²) in [5.41, 5.74) is 0. The average molecular weight is 587 g/mol. The van der Waals surface area contributed by atoms with Crippen molar-refractivity contribution in [3.05, 3.63) is 0 Å². The Labute approximate surface area is 247 Å². The van der Waals surface area contributed by atoms with Crippen molar-refractivity contribution < 1.29 is 23.8 Å². The third-order valence-electron chi connectivity index (χ3n) is 5.85. The van der Waals surface area contributed by atoms with Gasteiger partial charge in [0.15, 0.2) is 0 Å². The second-order valence-corrected chi connectivity index (χ2v) is 12.0. The summed E-state index contributed by atoms with van der Waals surface area (Å²) in [6.45, 7) is -0.273. The van der Waals surface area contributed by atoms with Crippen molar-refractivity contribution >= 4 is 24.3 Å². The van der Waals surface area contributed by atoms with Crippen LogP contribution in [0.1, 0.15) is 143 Å². The van der Waals surface area contributed by atoms with Crippen molar-refractivity contribution in [2.75, 3.05) is 20.8 Å². The Kier molecular flexibility index (Phi) is 44.8. The van der Waals surface area contributed by atoms with Crippen LogP contribution in [0.25, 0.3) is 0 Å². The van der Waals surface area contributed by atoms with Crippen molar-refractivity contribution in [2.24, 2.45) is 0 Å². The maximum absolute atomic E-state index is 12.0. The van der Waals surface area contributed by atoms with E-state index in [4.69, 9.17) is 38.8 Å². The van der Waals surface area contributed by atoms with Crippen LogP contribution in [0.2, 0.25) is 0 Å². The second-order valence-electron chi connectivity index (χ2n) is 9.07. The van der Waals surface area contributed by atoms with Gasteiger partial charge >= 0.3 is 6.72 Å². The second kappa shape index (κ2) is 39.0. The summed E-state index contributed by atoms with van der Waals surface area (Å²) < 4.78 is 9.86. The fraction of sp³-hybridized carbons (Fsp3) is 0.781. The Morgan fingerprint density at radius 2 is 1.05 bits per heavy atom. The summed E-state index contributed by atoms with van der Waals surface area (Å²) in [4.78, 5) is 21.4. The van der Waals surface area contributed by atoms with Gasteiger partial charge in [-0.1, -0.05) is 111 Å². The minimum atomic E-state index is -2.99. The molecule has 0 heterocycles. The van der Waals surface area contributed by atoms with Gasteiger partial charge in [0, 0.05) is 27.1 Å². The minimum Gasteiger partial charge on any atom is -0.400 e. The molecule has 0 spiro atoms. The zero-order chi connectivity index (χ0) is 29.2. The zero-order valence-corrected chi connectivity index (χ0v) is 26.2. The lowest BCUT2D eigenvalue weighted by atomic mass is 10.0. The number of unbranched alkanes of at least 4 members (excludes halogenated alkanes) is 16. The fourth-order valence-electron chi connectivity index (χ4n) is 3.72. The number of aliphatic hydroxyl groups is 1. The number of aliphatic hydroxyl groups excluding tert-OH is 1. The molecule has 0 aliphatic rings. The third-order valence-corrected chi connectivity index (χ3v) is 7.58. The lowest BCUT2D eigenvalue weighted by Crippen LogP contribution is -1.98. The molecule has 0 saturated heterocycles. The molecule has 1 atom stereocenters. The van der Waals surface area contributed by atoms with Crippen LogP contribution >= 0.6 is 6.72 Å². The Balaban J connectivity index is -0.000000595. The third kappa shape index (κ3) is 44.1. The fourth-order valence-corrected chi connectivity index (χ4v) is 4.41. The summed E-state index contributed by atoms with van der Waals surface area (Å²) in [6.07, 6.45) is 33.5. The molecule has 0 aliphatic heterocycles. The van der Waals surface area contributed by atoms with Crippen LogP contribution < -0.4 is 0 Å². The van der Waals surface area contributed by atoms with E-state index >= 15 is 0 Å². The van der Waals surface area contributed by atoms with Gasteiger partial charge in [0.1, 0.15) is 5.78 Å². The van der Waals surface area contributed by atoms with E-state index in [9.17, 15) is 9.69 Å². The SMILES string of the molecule is C.C#CC#CC#C.CCCCCCCCCCCCCCCC(=O)CCCCCCCOP(O)(=S)OC.CO. The quantitative estimate of drug-likeness (QED) is 0.0669. The van der Waals surface area contributed by atoms with Gasteiger partial charge in [-0.3, -0.25) is 4.79 Å². The molecule has 1 unspecified atom stereocenters. The van der Waals surface area contributed by atoms with Crippen LogP contribution in [-0.4, -0.2) is 36.6 Å². The van der Waals surface area contributed by atoms with Gasteiger partial charge in [0.2, 0.25) is 0 Å². The minimum absolute atomic E-state index is 0. The number of hydrogen-bond donors (Lipinski definition) is 2. The van der Waals surface area contributed by atoms with E-state index in [1.807, 2.05) is 0 Å². The van der Waals surface area contributed by atoms with E-state index in [0.29, 0.717) is 12.4 Å². The highest BCUT2D eigenvalue weighted by Crippen LogP contribution is 2.42. The van der Waals surface area contributed by atoms with Crippen LogP contribution in [0.3, 0.4) is 0 Å². The molecule has 0 fully saturated rings. The average Bonchev–Trinajstić information content (AvgIpc) is 2.93. The van der Waals surface area contributed by atoms with Gasteiger partial charge in [0.25, 0.3) is 0 Å². The normalized spacial score (nSPS) is 10.9. The van der Waals surface area contributed by atoms with Crippen molar-refractivity contribution in [1.29, 1.82) is 0 Å². The number of rotatable bonds is 24. The molecular weight excluding hydrogens is 527 g/mol. The van der Waals surface area contributed by atoms with E-state index in [1.165, 1.54) is 84.2 Å². The van der Waals surface area contributed by atoms with Gasteiger partial charge in [-0.05, 0) is 54.8 Å². The van der Waals surface area contributed by atoms with Crippen molar-refractivity contribution in [3.8, 4) is 36.5 Å². The van der Waals surface area contributed by atoms with Crippen LogP contribution in [0.15, 0.2) is 0 Å². The van der Waals surface area contributed by atoms with E-state index in [-0.39, 0.29) is 7.43 Å². The number of terminal acetylenes is 2. The molecule has 7 heteroatoms. The zero-order valence-electron chi connectivity index (χ0n) is 24.5. The first-order valence-corrected chi connectivity index (χ1v) is 16.9. The first-order valence-electron chi connectivity index (χ1n) is 14.3. The van der Waals surface area contributed by atoms with Crippen molar-refractivity contribution in [3.63, 3.8) is 0 Å². The summed E-state index contributed by atoms with van der Waals surface area (Å²) >= 11 is 4.77. The largest absolute Gasteiger partial charge is 0.400 e. The Morgan fingerprint density at radius 1 is 0.718 bits per heavy atom. The number of carbonyl (C=O) groups excluding carboxylic acids is 1. The Bertz CT molecular complexity index is 682. The molecule has 0 amide bonds. The lowest BCUT2D eigenvalue weighted by molar-refractivity contribution is -0.119. The predicted octanol–water partition coefficient (Wildman–Crippen LogP) is 8.76. The number of Topliss-reactive ketones (excluding diaryl/α,β-unsaturated/α-hetero) is 1. The summed E-state index contributed by atoms with van der Waals surface area (Å²) in [6, 6.07) is 0. The number of hydrogen-bond acceptors (Lipinski definition) is 5. The summed E-state index contributed by atoms with van der Waals surface area (Å²) in [5.74, 6) is 9.04. The summed E-state index contributed by atoms with van der Waals surface area (Å²) in [5, 5.41) is 7.00. The lowest BCUT2D eigenvalue weighted by Gasteiger charge is -2.12. The van der Waals surface area contributed by atoms with Crippen LogP contribution in [0.4, 0.5) is 0 Å². The Hall–Kier alpha value is -1.16. The maximum Gasteiger partial charge on any atom is 0.324 e. The van der Waals surface area contributed by atoms with E-state index in [2.05, 4.69) is 30.6 Å². The van der Waals surface area contributed by atoms with Gasteiger partial charge in [0.05, 0.1) is 6.61 Å². The molecule has 0 aliphatic carbocycles. The smallest absolute Gasteiger partial charge is 0.324 e. The highest BCUT2D eigenvalue weighted by atomic mass is 32.5. The standard InChI is InChI=1S/C24H49O4PS.C6H2.CH4O.CH4/c1-3-4-5-6-7-8-9-10-11-12-13-15-18-21-24(25)22-19-16-14-17-20-23-28-29(26,30)27-2;1-3-5-6-4-2;1-2;/h3-23H2,1-2H3,(H,26,30);1-2H;2H,1H3;1H4.